The number of hydrogen-bond acceptors (Lipinski definition) is 4. The first-order valence-corrected chi connectivity index (χ1v) is 8.45. The van der Waals surface area contributed by atoms with Crippen LogP contribution in [0.2, 0.25) is 0 Å². The molecule has 0 saturated heterocycles. The highest BCUT2D eigenvalue weighted by molar-refractivity contribution is 5.90. The molecule has 0 bridgehead atoms. The number of aryl methyl sites for hydroxylation is 1. The summed E-state index contributed by atoms with van der Waals surface area (Å²) in [6.07, 6.45) is 12.9. The lowest BCUT2D eigenvalue weighted by atomic mass is 9.96. The molecule has 1 unspecified atom stereocenters. The van der Waals surface area contributed by atoms with Crippen molar-refractivity contribution in [2.75, 3.05) is 0 Å². The average Bonchev–Trinajstić information content (AvgIpc) is 3.34. The van der Waals surface area contributed by atoms with Gasteiger partial charge in [0.25, 0.3) is 0 Å². The molecule has 6 heteroatoms. The second-order valence-electron chi connectivity index (χ2n) is 6.57. The second-order valence-corrected chi connectivity index (χ2v) is 6.57. The first-order valence-electron chi connectivity index (χ1n) is 8.45. The summed E-state index contributed by atoms with van der Waals surface area (Å²) in [6, 6.07) is 4.53. The van der Waals surface area contributed by atoms with E-state index in [0.717, 1.165) is 22.3 Å². The molecule has 1 aliphatic rings. The van der Waals surface area contributed by atoms with Gasteiger partial charge in [-0.3, -0.25) is 4.68 Å². The molecule has 0 radical (unpaired) electrons. The molecule has 3 aromatic heterocycles. The average molecular weight is 320 g/mol. The van der Waals surface area contributed by atoms with Gasteiger partial charge in [0.2, 0.25) is 0 Å². The predicted octanol–water partition coefficient (Wildman–Crippen LogP) is 3.48. The number of aromatic nitrogens is 5. The summed E-state index contributed by atoms with van der Waals surface area (Å²) in [5, 5.41) is 14.8. The second kappa shape index (κ2) is 6.08. The number of rotatable bonds is 4. The zero-order valence-electron chi connectivity index (χ0n) is 13.8. The lowest BCUT2D eigenvalue weighted by Gasteiger charge is -2.21. The number of nitrogens with zero attached hydrogens (tertiary/aromatic N) is 6. The van der Waals surface area contributed by atoms with Crippen molar-refractivity contribution in [2.45, 2.75) is 38.1 Å². The van der Waals surface area contributed by atoms with E-state index in [1.165, 1.54) is 25.7 Å². The first kappa shape index (κ1) is 14.9. The summed E-state index contributed by atoms with van der Waals surface area (Å²) in [7, 11) is 1.98. The molecule has 1 atom stereocenters. The van der Waals surface area contributed by atoms with E-state index < -0.39 is 0 Å². The van der Waals surface area contributed by atoms with Crippen LogP contribution in [-0.2, 0) is 7.05 Å². The third-order valence-corrected chi connectivity index (χ3v) is 5.12. The van der Waals surface area contributed by atoms with E-state index in [1.54, 1.807) is 6.33 Å². The first-order chi connectivity index (χ1) is 11.8. The van der Waals surface area contributed by atoms with Crippen molar-refractivity contribution in [3.8, 4) is 17.3 Å². The summed E-state index contributed by atoms with van der Waals surface area (Å²) in [4.78, 5) is 8.81. The minimum absolute atomic E-state index is 0.166. The summed E-state index contributed by atoms with van der Waals surface area (Å²) >= 11 is 0. The van der Waals surface area contributed by atoms with Crippen molar-refractivity contribution in [3.63, 3.8) is 0 Å². The van der Waals surface area contributed by atoms with Gasteiger partial charge >= 0.3 is 0 Å². The van der Waals surface area contributed by atoms with Crippen molar-refractivity contribution in [2.24, 2.45) is 13.0 Å². The van der Waals surface area contributed by atoms with E-state index in [9.17, 15) is 5.26 Å². The smallest absolute Gasteiger partial charge is 0.143 e. The molecule has 3 heterocycles. The summed E-state index contributed by atoms with van der Waals surface area (Å²) in [6.45, 7) is 0. The molecule has 0 spiro atoms. The highest BCUT2D eigenvalue weighted by Gasteiger charge is 2.27. The van der Waals surface area contributed by atoms with Crippen LogP contribution in [0.5, 0.6) is 0 Å². The molecule has 1 saturated carbocycles. The third-order valence-electron chi connectivity index (χ3n) is 5.12. The van der Waals surface area contributed by atoms with Crippen LogP contribution in [-0.4, -0.2) is 24.3 Å². The molecule has 0 aromatic carbocycles. The molecule has 0 aliphatic heterocycles. The highest BCUT2D eigenvalue weighted by atomic mass is 15.3. The van der Waals surface area contributed by atoms with Crippen LogP contribution < -0.4 is 0 Å². The zero-order valence-corrected chi connectivity index (χ0v) is 13.8. The minimum atomic E-state index is 0.166. The van der Waals surface area contributed by atoms with Crippen LogP contribution in [0.25, 0.3) is 22.3 Å². The van der Waals surface area contributed by atoms with Crippen molar-refractivity contribution < 1.29 is 0 Å². The fraction of sp³-hybridized carbons (Fsp3) is 0.444. The molecule has 6 nitrogen and oxygen atoms in total. The van der Waals surface area contributed by atoms with Gasteiger partial charge < -0.3 is 4.57 Å². The topological polar surface area (TPSA) is 72.3 Å². The maximum atomic E-state index is 9.21. The van der Waals surface area contributed by atoms with Gasteiger partial charge in [-0.05, 0) is 24.8 Å². The molecule has 3 aromatic rings. The molecular formula is C18H20N6. The summed E-state index contributed by atoms with van der Waals surface area (Å²) < 4.78 is 3.97. The van der Waals surface area contributed by atoms with Crippen molar-refractivity contribution in [1.29, 1.82) is 5.26 Å². The Kier molecular flexibility index (Phi) is 3.77. The SMILES string of the molecule is Cn1ccc2c(-c3cnn(C(CC#N)C4CCCC4)c3)ncnc21. The van der Waals surface area contributed by atoms with E-state index in [1.807, 2.05) is 41.0 Å². The molecule has 1 fully saturated rings. The Hall–Kier alpha value is -2.68. The number of hydrogen-bond donors (Lipinski definition) is 0. The van der Waals surface area contributed by atoms with Gasteiger partial charge in [0, 0.05) is 30.4 Å². The van der Waals surface area contributed by atoms with Gasteiger partial charge in [0.15, 0.2) is 0 Å². The Morgan fingerprint density at radius 3 is 2.96 bits per heavy atom. The largest absolute Gasteiger partial charge is 0.335 e. The molecule has 0 amide bonds. The minimum Gasteiger partial charge on any atom is -0.335 e. The lowest BCUT2D eigenvalue weighted by Crippen LogP contribution is -2.17. The quantitative estimate of drug-likeness (QED) is 0.738. The Bertz CT molecular complexity index is 894. The molecule has 1 aliphatic carbocycles. The number of fused-ring (bicyclic) bond motifs is 1. The van der Waals surface area contributed by atoms with Gasteiger partial charge in [0.05, 0.1) is 30.4 Å². The Morgan fingerprint density at radius 2 is 2.17 bits per heavy atom. The standard InChI is InChI=1S/C18H20N6/c1-23-9-7-15-17(20-12-21-18(15)23)14-10-22-24(11-14)16(6-8-19)13-4-2-3-5-13/h7,9-13,16H,2-6H2,1H3. The van der Waals surface area contributed by atoms with Crippen LogP contribution in [0.4, 0.5) is 0 Å². The lowest BCUT2D eigenvalue weighted by molar-refractivity contribution is 0.315. The molecule has 0 N–H and O–H groups in total. The number of nitriles is 1. The zero-order chi connectivity index (χ0) is 16.5. The van der Waals surface area contributed by atoms with E-state index in [4.69, 9.17) is 0 Å². The Labute approximate surface area is 140 Å². The summed E-state index contributed by atoms with van der Waals surface area (Å²) in [5.74, 6) is 0.555. The highest BCUT2D eigenvalue weighted by Crippen LogP contribution is 2.36. The van der Waals surface area contributed by atoms with Crippen molar-refractivity contribution in [3.05, 3.63) is 31.0 Å². The summed E-state index contributed by atoms with van der Waals surface area (Å²) in [5.41, 5.74) is 2.79. The molecule has 4 rings (SSSR count). The van der Waals surface area contributed by atoms with Crippen LogP contribution in [0.3, 0.4) is 0 Å². The fourth-order valence-electron chi connectivity index (χ4n) is 3.86. The van der Waals surface area contributed by atoms with Gasteiger partial charge in [-0.1, -0.05) is 12.8 Å². The van der Waals surface area contributed by atoms with Crippen molar-refractivity contribution in [1.82, 2.24) is 24.3 Å². The van der Waals surface area contributed by atoms with Crippen LogP contribution >= 0.6 is 0 Å². The monoisotopic (exact) mass is 320 g/mol. The van der Waals surface area contributed by atoms with E-state index >= 15 is 0 Å². The fourth-order valence-corrected chi connectivity index (χ4v) is 3.86. The van der Waals surface area contributed by atoms with Crippen LogP contribution in [0.15, 0.2) is 31.0 Å². The van der Waals surface area contributed by atoms with E-state index in [2.05, 4.69) is 21.1 Å². The Balaban J connectivity index is 1.72. The van der Waals surface area contributed by atoms with E-state index in [0.29, 0.717) is 12.3 Å². The molecule has 122 valence electrons. The Morgan fingerprint density at radius 1 is 1.33 bits per heavy atom. The third kappa shape index (κ3) is 2.46. The van der Waals surface area contributed by atoms with Gasteiger partial charge in [-0.2, -0.15) is 10.4 Å². The van der Waals surface area contributed by atoms with Gasteiger partial charge in [-0.15, -0.1) is 0 Å². The predicted molar refractivity (Wildman–Crippen MR) is 91.0 cm³/mol. The van der Waals surface area contributed by atoms with Crippen LogP contribution in [0, 0.1) is 17.2 Å². The molecule has 24 heavy (non-hydrogen) atoms. The van der Waals surface area contributed by atoms with Crippen molar-refractivity contribution >= 4 is 11.0 Å². The van der Waals surface area contributed by atoms with E-state index in [-0.39, 0.29) is 6.04 Å². The molecular weight excluding hydrogens is 300 g/mol. The maximum absolute atomic E-state index is 9.21. The maximum Gasteiger partial charge on any atom is 0.143 e. The van der Waals surface area contributed by atoms with Gasteiger partial charge in [-0.25, -0.2) is 9.97 Å². The van der Waals surface area contributed by atoms with Gasteiger partial charge in [0.1, 0.15) is 12.0 Å². The van der Waals surface area contributed by atoms with Crippen LogP contribution in [0.1, 0.15) is 38.1 Å². The normalized spacial score (nSPS) is 16.5.